The number of nitrogens with one attached hydrogen (secondary N) is 1. The number of rotatable bonds is 9. The molecule has 1 unspecified atom stereocenters. The van der Waals surface area contributed by atoms with Crippen molar-refractivity contribution in [3.8, 4) is 5.88 Å². The zero-order valence-electron chi connectivity index (χ0n) is 14.8. The quantitative estimate of drug-likeness (QED) is 0.708. The molecule has 2 aliphatic rings. The van der Waals surface area contributed by atoms with Gasteiger partial charge >= 0.3 is 0 Å². The minimum Gasteiger partial charge on any atom is -0.476 e. The average molecular weight is 346 g/mol. The summed E-state index contributed by atoms with van der Waals surface area (Å²) in [6, 6.07) is -0.328. The molecule has 25 heavy (non-hydrogen) atoms. The maximum Gasteiger partial charge on any atom is 0.271 e. The molecule has 0 aromatic carbocycles. The van der Waals surface area contributed by atoms with Gasteiger partial charge in [-0.2, -0.15) is 0 Å². The number of primary amides is 1. The van der Waals surface area contributed by atoms with Crippen molar-refractivity contribution in [2.24, 2.45) is 17.6 Å². The predicted octanol–water partition coefficient (Wildman–Crippen LogP) is 1.77. The Morgan fingerprint density at radius 3 is 2.60 bits per heavy atom. The lowest BCUT2D eigenvalue weighted by molar-refractivity contribution is -0.118. The van der Waals surface area contributed by atoms with Crippen molar-refractivity contribution in [1.29, 1.82) is 0 Å². The fraction of sp³-hybridized carbons (Fsp3) is 0.667. The third-order valence-corrected chi connectivity index (χ3v) is 4.66. The maximum atomic E-state index is 12.5. The van der Waals surface area contributed by atoms with E-state index in [9.17, 15) is 9.59 Å². The first-order valence-corrected chi connectivity index (χ1v) is 9.03. The van der Waals surface area contributed by atoms with Gasteiger partial charge in [0, 0.05) is 18.4 Å². The molecule has 1 atom stereocenters. The van der Waals surface area contributed by atoms with Crippen LogP contribution in [-0.2, 0) is 4.79 Å². The van der Waals surface area contributed by atoms with Gasteiger partial charge in [-0.25, -0.2) is 4.98 Å². The lowest BCUT2D eigenvalue weighted by Gasteiger charge is -2.21. The second-order valence-corrected chi connectivity index (χ2v) is 7.47. The summed E-state index contributed by atoms with van der Waals surface area (Å²) in [5.74, 6) is 0.775. The number of hydrogen-bond donors (Lipinski definition) is 2. The molecule has 1 aromatic heterocycles. The number of carbonyl (C=O) groups is 2. The molecular weight excluding hydrogens is 320 g/mol. The first-order valence-electron chi connectivity index (χ1n) is 9.03. The Morgan fingerprint density at radius 2 is 2.04 bits per heavy atom. The molecule has 0 spiro atoms. The largest absolute Gasteiger partial charge is 0.476 e. The summed E-state index contributed by atoms with van der Waals surface area (Å²) in [6.07, 6.45) is 6.16. The number of carbonyl (C=O) groups excluding carboxylic acids is 2. The van der Waals surface area contributed by atoms with Crippen LogP contribution in [0, 0.1) is 11.8 Å². The van der Waals surface area contributed by atoms with Gasteiger partial charge in [-0.15, -0.1) is 0 Å². The second-order valence-electron chi connectivity index (χ2n) is 7.47. The van der Waals surface area contributed by atoms with Crippen LogP contribution < -0.4 is 15.8 Å². The Labute approximate surface area is 147 Å². The minimum absolute atomic E-state index is 0.0840. The van der Waals surface area contributed by atoms with E-state index in [1.807, 2.05) is 13.8 Å². The van der Waals surface area contributed by atoms with Gasteiger partial charge < -0.3 is 15.8 Å². The lowest BCUT2D eigenvalue weighted by Crippen LogP contribution is -2.41. The van der Waals surface area contributed by atoms with Crippen LogP contribution in [0.5, 0.6) is 5.88 Å². The average Bonchev–Trinajstić information content (AvgIpc) is 3.45. The van der Waals surface area contributed by atoms with Crippen molar-refractivity contribution >= 4 is 11.8 Å². The molecule has 136 valence electrons. The molecule has 2 saturated carbocycles. The Balaban J connectivity index is 1.72. The van der Waals surface area contributed by atoms with Gasteiger partial charge in [0.05, 0.1) is 12.8 Å². The highest BCUT2D eigenvalue weighted by molar-refractivity contribution is 5.92. The summed E-state index contributed by atoms with van der Waals surface area (Å²) < 4.78 is 5.84. The van der Waals surface area contributed by atoms with Crippen LogP contribution in [-0.4, -0.2) is 34.4 Å². The van der Waals surface area contributed by atoms with Crippen LogP contribution in [0.15, 0.2) is 6.20 Å². The van der Waals surface area contributed by atoms with Gasteiger partial charge in [0.1, 0.15) is 11.4 Å². The number of ether oxygens (including phenoxy) is 1. The van der Waals surface area contributed by atoms with E-state index < -0.39 is 5.91 Å². The maximum absolute atomic E-state index is 12.5. The molecule has 0 aliphatic heterocycles. The van der Waals surface area contributed by atoms with E-state index >= 15 is 0 Å². The summed E-state index contributed by atoms with van der Waals surface area (Å²) in [5.41, 5.74) is 6.33. The van der Waals surface area contributed by atoms with Crippen LogP contribution in [0.3, 0.4) is 0 Å². The number of nitrogens with zero attached hydrogens (tertiary/aromatic N) is 2. The van der Waals surface area contributed by atoms with Gasteiger partial charge in [0.15, 0.2) is 0 Å². The Hall–Kier alpha value is -2.18. The van der Waals surface area contributed by atoms with Crippen LogP contribution >= 0.6 is 0 Å². The summed E-state index contributed by atoms with van der Waals surface area (Å²) >= 11 is 0. The fourth-order valence-electron chi connectivity index (χ4n) is 2.63. The summed E-state index contributed by atoms with van der Waals surface area (Å²) in [6.45, 7) is 4.50. The highest BCUT2D eigenvalue weighted by Crippen LogP contribution is 2.42. The normalized spacial score (nSPS) is 18.0. The first kappa shape index (κ1) is 17.6. The van der Waals surface area contributed by atoms with Crippen LogP contribution in [0.25, 0.3) is 0 Å². The van der Waals surface area contributed by atoms with Gasteiger partial charge in [-0.3, -0.25) is 14.6 Å². The molecule has 1 aromatic rings. The van der Waals surface area contributed by atoms with Crippen molar-refractivity contribution in [3.05, 3.63) is 17.6 Å². The molecule has 2 amide bonds. The van der Waals surface area contributed by atoms with E-state index in [-0.39, 0.29) is 30.0 Å². The van der Waals surface area contributed by atoms with E-state index in [0.717, 1.165) is 18.5 Å². The van der Waals surface area contributed by atoms with Gasteiger partial charge in [-0.05, 0) is 37.5 Å². The van der Waals surface area contributed by atoms with Crippen LogP contribution in [0.1, 0.15) is 68.1 Å². The SMILES string of the molecule is CC(C)C(CC(N)=O)NC(=O)c1cnc(C2CC2)c(OCC2CC2)n1. The molecule has 2 fully saturated rings. The van der Waals surface area contributed by atoms with Crippen molar-refractivity contribution in [3.63, 3.8) is 0 Å². The van der Waals surface area contributed by atoms with Gasteiger partial charge in [0.2, 0.25) is 11.8 Å². The van der Waals surface area contributed by atoms with Gasteiger partial charge in [0.25, 0.3) is 5.91 Å². The van der Waals surface area contributed by atoms with E-state index in [0.29, 0.717) is 24.3 Å². The Kier molecular flexibility index (Phi) is 5.20. The minimum atomic E-state index is -0.442. The highest BCUT2D eigenvalue weighted by atomic mass is 16.5. The first-order chi connectivity index (χ1) is 11.9. The van der Waals surface area contributed by atoms with E-state index in [1.54, 1.807) is 0 Å². The van der Waals surface area contributed by atoms with Crippen molar-refractivity contribution in [2.75, 3.05) is 6.61 Å². The standard InChI is InChI=1S/C18H26N4O3/c1-10(2)13(7-15(19)23)21-17(24)14-8-20-16(12-5-6-12)18(22-14)25-9-11-3-4-11/h8,10-13H,3-7,9H2,1-2H3,(H2,19,23)(H,21,24). The van der Waals surface area contributed by atoms with E-state index in [2.05, 4.69) is 15.3 Å². The topological polar surface area (TPSA) is 107 Å². The molecule has 3 N–H and O–H groups in total. The molecule has 7 heteroatoms. The van der Waals surface area contributed by atoms with Crippen molar-refractivity contribution in [2.45, 2.75) is 57.9 Å². The Bertz CT molecular complexity index is 654. The fourth-order valence-corrected chi connectivity index (χ4v) is 2.63. The molecule has 0 radical (unpaired) electrons. The summed E-state index contributed by atoms with van der Waals surface area (Å²) in [5, 5.41) is 2.84. The van der Waals surface area contributed by atoms with Crippen molar-refractivity contribution in [1.82, 2.24) is 15.3 Å². The highest BCUT2D eigenvalue weighted by Gasteiger charge is 2.31. The monoisotopic (exact) mass is 346 g/mol. The zero-order chi connectivity index (χ0) is 18.0. The smallest absolute Gasteiger partial charge is 0.271 e. The number of aromatic nitrogens is 2. The number of hydrogen-bond acceptors (Lipinski definition) is 5. The van der Waals surface area contributed by atoms with Crippen LogP contribution in [0.2, 0.25) is 0 Å². The summed E-state index contributed by atoms with van der Waals surface area (Å²) in [7, 11) is 0. The third kappa shape index (κ3) is 4.90. The molecule has 7 nitrogen and oxygen atoms in total. The van der Waals surface area contributed by atoms with Crippen molar-refractivity contribution < 1.29 is 14.3 Å². The number of nitrogens with two attached hydrogens (primary N) is 1. The molecule has 0 saturated heterocycles. The summed E-state index contributed by atoms with van der Waals surface area (Å²) in [4.78, 5) is 32.6. The van der Waals surface area contributed by atoms with E-state index in [1.165, 1.54) is 19.0 Å². The lowest BCUT2D eigenvalue weighted by atomic mass is 10.0. The molecule has 1 heterocycles. The molecule has 0 bridgehead atoms. The van der Waals surface area contributed by atoms with Crippen LogP contribution in [0.4, 0.5) is 0 Å². The molecular formula is C18H26N4O3. The molecule has 2 aliphatic carbocycles. The predicted molar refractivity (Wildman–Crippen MR) is 92.1 cm³/mol. The number of amides is 2. The molecule has 3 rings (SSSR count). The van der Waals surface area contributed by atoms with E-state index in [4.69, 9.17) is 10.5 Å². The zero-order valence-corrected chi connectivity index (χ0v) is 14.8. The van der Waals surface area contributed by atoms with Gasteiger partial charge in [-0.1, -0.05) is 13.8 Å². The third-order valence-electron chi connectivity index (χ3n) is 4.66. The second kappa shape index (κ2) is 7.37. The Morgan fingerprint density at radius 1 is 1.32 bits per heavy atom.